The van der Waals surface area contributed by atoms with E-state index in [0.29, 0.717) is 12.1 Å². The number of rotatable bonds is 6. The third-order valence-corrected chi connectivity index (χ3v) is 4.59. The van der Waals surface area contributed by atoms with Crippen LogP contribution in [-0.4, -0.2) is 41.0 Å². The van der Waals surface area contributed by atoms with Crippen LogP contribution >= 0.6 is 0 Å². The number of carbonyl (C=O) groups excluding carboxylic acids is 2. The lowest BCUT2D eigenvalue weighted by atomic mass is 10.2. The Morgan fingerprint density at radius 3 is 2.43 bits per heavy atom. The van der Waals surface area contributed by atoms with Crippen molar-refractivity contribution in [3.8, 4) is 5.75 Å². The molecule has 3 N–H and O–H groups in total. The van der Waals surface area contributed by atoms with E-state index in [9.17, 15) is 18.0 Å². The summed E-state index contributed by atoms with van der Waals surface area (Å²) in [4.78, 5) is 26.0. The first kappa shape index (κ1) is 20.7. The van der Waals surface area contributed by atoms with Gasteiger partial charge in [0.25, 0.3) is 0 Å². The maximum atomic E-state index is 12.4. The maximum absolute atomic E-state index is 12.4. The third-order valence-electron chi connectivity index (χ3n) is 3.33. The summed E-state index contributed by atoms with van der Waals surface area (Å²) in [5, 5.41) is 7.53. The second kappa shape index (κ2) is 9.37. The largest absolute Gasteiger partial charge is 0.453 e. The molecule has 0 bridgehead atoms. The monoisotopic (exact) mass is 406 g/mol. The molecular weight excluding hydrogens is 388 g/mol. The van der Waals surface area contributed by atoms with Crippen LogP contribution in [0.5, 0.6) is 5.75 Å². The topological polar surface area (TPSA) is 135 Å². The number of benzene rings is 2. The number of methoxy groups -OCH3 is 1. The number of amides is 2. The Bertz CT molecular complexity index is 976. The fourth-order valence-electron chi connectivity index (χ4n) is 2.05. The maximum Gasteiger partial charge on any atom is 0.413 e. The van der Waals surface area contributed by atoms with Crippen molar-refractivity contribution in [1.29, 1.82) is 0 Å². The van der Waals surface area contributed by atoms with E-state index < -0.39 is 16.2 Å². The van der Waals surface area contributed by atoms with Crippen LogP contribution in [-0.2, 0) is 19.6 Å². The molecule has 0 saturated heterocycles. The van der Waals surface area contributed by atoms with Crippen molar-refractivity contribution >= 4 is 40.0 Å². The van der Waals surface area contributed by atoms with Gasteiger partial charge in [0.1, 0.15) is 10.6 Å². The average Bonchev–Trinajstić information content (AvgIpc) is 2.69. The molecule has 0 aliphatic carbocycles. The minimum absolute atomic E-state index is 0.00358. The molecule has 0 radical (unpaired) electrons. The van der Waals surface area contributed by atoms with Crippen LogP contribution in [0, 0.1) is 0 Å². The smallest absolute Gasteiger partial charge is 0.413 e. The van der Waals surface area contributed by atoms with Crippen molar-refractivity contribution in [3.63, 3.8) is 0 Å². The van der Waals surface area contributed by atoms with Crippen LogP contribution in [0.4, 0.5) is 16.2 Å². The van der Waals surface area contributed by atoms with E-state index in [1.165, 1.54) is 44.5 Å². The second-order valence-electron chi connectivity index (χ2n) is 5.13. The van der Waals surface area contributed by atoms with Crippen molar-refractivity contribution in [3.05, 3.63) is 48.5 Å². The van der Waals surface area contributed by atoms with E-state index in [2.05, 4.69) is 25.7 Å². The van der Waals surface area contributed by atoms with Crippen molar-refractivity contribution < 1.29 is 26.9 Å². The highest BCUT2D eigenvalue weighted by Crippen LogP contribution is 2.28. The van der Waals surface area contributed by atoms with Gasteiger partial charge >= 0.3 is 16.2 Å². The van der Waals surface area contributed by atoms with Crippen LogP contribution in [0.3, 0.4) is 0 Å². The zero-order valence-corrected chi connectivity index (χ0v) is 15.8. The summed E-state index contributed by atoms with van der Waals surface area (Å²) in [6.45, 7) is 0. The summed E-state index contributed by atoms with van der Waals surface area (Å²) in [7, 11) is -1.46. The number of hydrogen-bond donors (Lipinski definition) is 3. The molecule has 0 aliphatic heterocycles. The van der Waals surface area contributed by atoms with Gasteiger partial charge in [0.2, 0.25) is 12.4 Å². The Morgan fingerprint density at radius 2 is 1.82 bits per heavy atom. The minimum atomic E-state index is -4.05. The molecule has 0 aliphatic rings. The molecule has 10 nitrogen and oxygen atoms in total. The van der Waals surface area contributed by atoms with Gasteiger partial charge in [-0.1, -0.05) is 18.2 Å². The zero-order valence-electron chi connectivity index (χ0n) is 15.0. The van der Waals surface area contributed by atoms with Gasteiger partial charge in [0.05, 0.1) is 18.5 Å². The predicted molar refractivity (Wildman–Crippen MR) is 103 cm³/mol. The highest BCUT2D eigenvalue weighted by Gasteiger charge is 2.17. The fourth-order valence-corrected chi connectivity index (χ4v) is 2.99. The lowest BCUT2D eigenvalue weighted by Gasteiger charge is -2.15. The van der Waals surface area contributed by atoms with E-state index in [-0.39, 0.29) is 22.3 Å². The van der Waals surface area contributed by atoms with Crippen LogP contribution in [0.25, 0.3) is 0 Å². The van der Waals surface area contributed by atoms with Crippen molar-refractivity contribution in [2.45, 2.75) is 4.90 Å². The third kappa shape index (κ3) is 5.45. The van der Waals surface area contributed by atoms with Crippen LogP contribution < -0.4 is 20.1 Å². The molecule has 0 aromatic heterocycles. The second-order valence-corrected chi connectivity index (χ2v) is 6.68. The molecule has 2 amide bonds. The lowest BCUT2D eigenvalue weighted by Crippen LogP contribution is -2.35. The number of nitrogens with one attached hydrogen (secondary N) is 3. The summed E-state index contributed by atoms with van der Waals surface area (Å²) < 4.78 is 34.4. The molecule has 2 aromatic rings. The Kier molecular flexibility index (Phi) is 6.93. The van der Waals surface area contributed by atoms with Gasteiger partial charge in [-0.3, -0.25) is 15.1 Å². The highest BCUT2D eigenvalue weighted by atomic mass is 32.2. The quantitative estimate of drug-likeness (QED) is 0.288. The Morgan fingerprint density at radius 1 is 1.11 bits per heavy atom. The molecule has 2 aromatic carbocycles. The SMILES string of the molecule is CN=C(NC(=O)OC)Nc1cc(OS(=O)(=O)c2ccccc2)ccc1NC=O. The number of carbonyl (C=O) groups is 2. The summed E-state index contributed by atoms with van der Waals surface area (Å²) >= 11 is 0. The Labute approximate surface area is 161 Å². The van der Waals surface area contributed by atoms with Crippen LogP contribution in [0.15, 0.2) is 58.4 Å². The van der Waals surface area contributed by atoms with Crippen LogP contribution in [0.1, 0.15) is 0 Å². The average molecular weight is 406 g/mol. The molecule has 148 valence electrons. The Hall–Kier alpha value is -3.60. The highest BCUT2D eigenvalue weighted by molar-refractivity contribution is 7.87. The molecule has 0 saturated carbocycles. The standard InChI is InChI=1S/C17H18N4O6S/c1-18-16(21-17(23)26-2)20-15-10-12(8-9-14(15)19-11-22)27-28(24,25)13-6-4-3-5-7-13/h3-11H,1-2H3,(H,19,22)(H2,18,20,21,23). The fraction of sp³-hybridized carbons (Fsp3) is 0.118. The molecule has 11 heteroatoms. The number of anilines is 2. The molecule has 0 heterocycles. The molecule has 2 rings (SSSR count). The first-order valence-electron chi connectivity index (χ1n) is 7.82. The molecular formula is C17H18N4O6S. The number of alkyl carbamates (subject to hydrolysis) is 1. The van der Waals surface area contributed by atoms with Crippen LogP contribution in [0.2, 0.25) is 0 Å². The number of hydrogen-bond acceptors (Lipinski definition) is 7. The number of guanidine groups is 1. The first-order chi connectivity index (χ1) is 13.4. The Balaban J connectivity index is 2.32. The van der Waals surface area contributed by atoms with Gasteiger partial charge in [-0.05, 0) is 24.3 Å². The van der Waals surface area contributed by atoms with Gasteiger partial charge < -0.3 is 19.6 Å². The van der Waals surface area contributed by atoms with E-state index in [0.717, 1.165) is 0 Å². The number of aliphatic imine (C=N–C) groups is 1. The van der Waals surface area contributed by atoms with Gasteiger partial charge in [-0.2, -0.15) is 8.42 Å². The first-order valence-corrected chi connectivity index (χ1v) is 9.23. The number of ether oxygens (including phenoxy) is 1. The summed E-state index contributed by atoms with van der Waals surface area (Å²) in [6.07, 6.45) is -0.324. The van der Waals surface area contributed by atoms with Gasteiger partial charge in [0.15, 0.2) is 0 Å². The predicted octanol–water partition coefficient (Wildman–Crippen LogP) is 1.78. The molecule has 0 unspecified atom stereocenters. The summed E-state index contributed by atoms with van der Waals surface area (Å²) in [5.74, 6) is -0.0137. The van der Waals surface area contributed by atoms with E-state index in [1.54, 1.807) is 18.2 Å². The van der Waals surface area contributed by atoms with E-state index in [4.69, 9.17) is 4.18 Å². The van der Waals surface area contributed by atoms with Crippen molar-refractivity contribution in [2.24, 2.45) is 4.99 Å². The summed E-state index contributed by atoms with van der Waals surface area (Å²) in [6, 6.07) is 11.8. The zero-order chi connectivity index (χ0) is 20.6. The van der Waals surface area contributed by atoms with Crippen molar-refractivity contribution in [1.82, 2.24) is 5.32 Å². The lowest BCUT2D eigenvalue weighted by molar-refractivity contribution is -0.105. The van der Waals surface area contributed by atoms with Crippen molar-refractivity contribution in [2.75, 3.05) is 24.8 Å². The minimum Gasteiger partial charge on any atom is -0.453 e. The van der Waals surface area contributed by atoms with E-state index in [1.807, 2.05) is 0 Å². The molecule has 0 atom stereocenters. The van der Waals surface area contributed by atoms with Gasteiger partial charge in [-0.25, -0.2) is 4.79 Å². The molecule has 0 spiro atoms. The molecule has 0 fully saturated rings. The summed E-state index contributed by atoms with van der Waals surface area (Å²) in [5.41, 5.74) is 0.525. The van der Waals surface area contributed by atoms with Gasteiger partial charge in [-0.15, -0.1) is 0 Å². The number of nitrogens with zero attached hydrogens (tertiary/aromatic N) is 1. The molecule has 28 heavy (non-hydrogen) atoms. The normalized spacial score (nSPS) is 11.3. The van der Waals surface area contributed by atoms with Gasteiger partial charge in [0, 0.05) is 13.1 Å². The van der Waals surface area contributed by atoms with E-state index >= 15 is 0 Å².